The van der Waals surface area contributed by atoms with Crippen molar-refractivity contribution in [3.8, 4) is 5.75 Å². The number of hydrogen-bond acceptors (Lipinski definition) is 8. The van der Waals surface area contributed by atoms with Gasteiger partial charge in [-0.3, -0.25) is 28.6 Å². The Balaban J connectivity index is 1.79. The Morgan fingerprint density at radius 3 is 2.77 bits per heavy atom. The number of nitrogens with zero attached hydrogens (tertiary/aromatic N) is 1. The highest BCUT2D eigenvalue weighted by atomic mass is 35.5. The third kappa shape index (κ3) is 4.95. The molecule has 1 aromatic carbocycles. The first kappa shape index (κ1) is 23.3. The van der Waals surface area contributed by atoms with E-state index in [4.69, 9.17) is 25.4 Å². The second-order valence-corrected chi connectivity index (χ2v) is 8.48. The number of carbonyl (C=O) groups excluding carboxylic acids is 1. The number of benzene rings is 1. The quantitative estimate of drug-likeness (QED) is 0.496. The van der Waals surface area contributed by atoms with Gasteiger partial charge in [0.1, 0.15) is 18.1 Å². The second-order valence-electron chi connectivity index (χ2n) is 6.69. The molecule has 2 heterocycles. The Labute approximate surface area is 178 Å². The Hall–Kier alpha value is -2.34. The Morgan fingerprint density at radius 2 is 2.13 bits per heavy atom. The molecule has 1 aliphatic heterocycles. The van der Waals surface area contributed by atoms with E-state index in [1.165, 1.54) is 18.2 Å². The molecular weight excluding hydrogens is 462 g/mol. The number of rotatable bonds is 7. The van der Waals surface area contributed by atoms with Crippen LogP contribution in [0.2, 0.25) is 5.02 Å². The number of aromatic amines is 1. The van der Waals surface area contributed by atoms with E-state index < -0.39 is 61.6 Å². The Bertz CT molecular complexity index is 1170. The molecule has 168 valence electrons. The van der Waals surface area contributed by atoms with E-state index in [2.05, 4.69) is 0 Å². The molecule has 0 amide bonds. The van der Waals surface area contributed by atoms with Gasteiger partial charge in [-0.05, 0) is 19.1 Å². The van der Waals surface area contributed by atoms with E-state index in [1.54, 1.807) is 11.1 Å². The summed E-state index contributed by atoms with van der Waals surface area (Å²) in [6.07, 6.45) is -2.84. The predicted octanol–water partition coefficient (Wildman–Crippen LogP) is 1.13. The molecule has 2 aromatic rings. The number of phosphoric acid groups is 1. The molecule has 0 radical (unpaired) electrons. The van der Waals surface area contributed by atoms with Crippen LogP contribution in [0, 0.1) is 5.82 Å². The number of ketones is 1. The topological polar surface area (TPSA) is 157 Å². The lowest BCUT2D eigenvalue weighted by molar-refractivity contribution is -0.144. The molecule has 0 aliphatic carbocycles. The zero-order valence-electron chi connectivity index (χ0n) is 15.9. The van der Waals surface area contributed by atoms with Crippen molar-refractivity contribution in [1.82, 2.24) is 9.55 Å². The number of para-hydroxylation sites is 1. The van der Waals surface area contributed by atoms with E-state index in [9.17, 15) is 33.3 Å². The number of halogens is 2. The van der Waals surface area contributed by atoms with Gasteiger partial charge in [-0.1, -0.05) is 23.7 Å². The average molecular weight is 479 g/mol. The lowest BCUT2D eigenvalue weighted by Gasteiger charge is -2.25. The van der Waals surface area contributed by atoms with Crippen molar-refractivity contribution >= 4 is 25.2 Å². The van der Waals surface area contributed by atoms with Crippen LogP contribution in [0.25, 0.3) is 0 Å². The van der Waals surface area contributed by atoms with Crippen molar-refractivity contribution in [1.29, 1.82) is 0 Å². The van der Waals surface area contributed by atoms with Crippen LogP contribution < -0.4 is 15.8 Å². The first-order valence-corrected chi connectivity index (χ1v) is 10.6. The van der Waals surface area contributed by atoms with Crippen molar-refractivity contribution in [2.75, 3.05) is 6.61 Å². The summed E-state index contributed by atoms with van der Waals surface area (Å²) in [6.45, 7) is 0.235. The summed E-state index contributed by atoms with van der Waals surface area (Å²) in [7, 11) is -4.76. The number of carbonyl (C=O) groups is 1. The lowest BCUT2D eigenvalue weighted by atomic mass is 9.91. The van der Waals surface area contributed by atoms with Crippen LogP contribution in [-0.2, 0) is 18.6 Å². The molecule has 0 saturated carbocycles. The third-order valence-electron chi connectivity index (χ3n) is 4.62. The second kappa shape index (κ2) is 8.65. The molecule has 14 heteroatoms. The number of aliphatic hydroxyl groups is 1. The molecule has 3 rings (SSSR count). The van der Waals surface area contributed by atoms with Gasteiger partial charge in [0.2, 0.25) is 5.82 Å². The summed E-state index contributed by atoms with van der Waals surface area (Å²) >= 11 is 5.86. The number of phosphoric ester groups is 1. The highest BCUT2D eigenvalue weighted by Crippen LogP contribution is 2.47. The summed E-state index contributed by atoms with van der Waals surface area (Å²) in [5.74, 6) is -2.22. The molecule has 0 spiro atoms. The van der Waals surface area contributed by atoms with Crippen LogP contribution in [0.1, 0.15) is 19.6 Å². The number of Topliss-reactive ketones (excluding diaryl/α,β-unsaturated/α-hetero) is 1. The first-order chi connectivity index (χ1) is 14.4. The Kier molecular flexibility index (Phi) is 6.51. The maximum absolute atomic E-state index is 13.6. The molecule has 4 atom stereocenters. The summed E-state index contributed by atoms with van der Waals surface area (Å²) in [4.78, 5) is 46.9. The fourth-order valence-corrected chi connectivity index (χ4v) is 3.98. The van der Waals surface area contributed by atoms with Crippen LogP contribution >= 0.6 is 19.4 Å². The largest absolute Gasteiger partial charge is 0.527 e. The third-order valence-corrected chi connectivity index (χ3v) is 5.84. The molecule has 11 nitrogen and oxygen atoms in total. The summed E-state index contributed by atoms with van der Waals surface area (Å²) in [5, 5.41) is 10.8. The minimum Gasteiger partial charge on any atom is -0.403 e. The minimum absolute atomic E-state index is 0.0391. The molecule has 3 N–H and O–H groups in total. The standard InChI is InChI=1S/C17H17ClFN2O9P/c1-9(22)17(25)6-14(21-7-11(19)15(23)20-16(21)24)29-13(17)8-28-31(26,27)30-12-5-3-2-4-10(12)18/h2-5,7,13-14,25H,6,8H2,1H3,(H,26,27)(H,20,23,24)/t13-,14-,17-/m1/s1. The van der Waals surface area contributed by atoms with Gasteiger partial charge in [-0.2, -0.15) is 4.39 Å². The predicted molar refractivity (Wildman–Crippen MR) is 103 cm³/mol. The van der Waals surface area contributed by atoms with Gasteiger partial charge < -0.3 is 14.4 Å². The molecule has 1 fully saturated rings. The van der Waals surface area contributed by atoms with E-state index in [0.29, 0.717) is 10.8 Å². The van der Waals surface area contributed by atoms with Gasteiger partial charge in [0.15, 0.2) is 11.4 Å². The van der Waals surface area contributed by atoms with E-state index in [1.807, 2.05) is 0 Å². The fraction of sp³-hybridized carbons (Fsp3) is 0.353. The molecular formula is C17H17ClFN2O9P. The Morgan fingerprint density at radius 1 is 1.45 bits per heavy atom. The minimum atomic E-state index is -4.76. The first-order valence-electron chi connectivity index (χ1n) is 8.74. The molecule has 1 saturated heterocycles. The van der Waals surface area contributed by atoms with Crippen molar-refractivity contribution in [2.24, 2.45) is 0 Å². The molecule has 1 unspecified atom stereocenters. The number of hydrogen-bond donors (Lipinski definition) is 3. The molecule has 0 bridgehead atoms. The van der Waals surface area contributed by atoms with Crippen LogP contribution in [0.4, 0.5) is 4.39 Å². The van der Waals surface area contributed by atoms with E-state index >= 15 is 0 Å². The maximum Gasteiger partial charge on any atom is 0.527 e. The van der Waals surface area contributed by atoms with Crippen LogP contribution in [0.5, 0.6) is 5.75 Å². The highest BCUT2D eigenvalue weighted by Gasteiger charge is 2.52. The normalized spacial score (nSPS) is 25.2. The van der Waals surface area contributed by atoms with Crippen LogP contribution in [0.3, 0.4) is 0 Å². The van der Waals surface area contributed by atoms with E-state index in [0.717, 1.165) is 6.92 Å². The van der Waals surface area contributed by atoms with Gasteiger partial charge in [-0.15, -0.1) is 0 Å². The zero-order valence-corrected chi connectivity index (χ0v) is 17.5. The number of ether oxygens (including phenoxy) is 1. The van der Waals surface area contributed by atoms with Crippen molar-refractivity contribution in [2.45, 2.75) is 31.3 Å². The number of H-pyrrole nitrogens is 1. The lowest BCUT2D eigenvalue weighted by Crippen LogP contribution is -2.47. The maximum atomic E-state index is 13.6. The summed E-state index contributed by atoms with van der Waals surface area (Å²) in [5.41, 5.74) is -4.53. The highest BCUT2D eigenvalue weighted by molar-refractivity contribution is 7.47. The van der Waals surface area contributed by atoms with Gasteiger partial charge in [0.05, 0.1) is 17.8 Å². The van der Waals surface area contributed by atoms with Gasteiger partial charge >= 0.3 is 13.5 Å². The van der Waals surface area contributed by atoms with E-state index in [-0.39, 0.29) is 10.8 Å². The van der Waals surface area contributed by atoms with Crippen LogP contribution in [-0.4, -0.2) is 43.6 Å². The molecule has 1 aromatic heterocycles. The van der Waals surface area contributed by atoms with Crippen molar-refractivity contribution < 1.29 is 37.5 Å². The SMILES string of the molecule is CC(=O)[C@]1(O)C[C@H](n2cc(F)c(=O)[nH]c2=O)O[C@@H]1COP(=O)(O)Oc1ccccc1Cl. The van der Waals surface area contributed by atoms with Gasteiger partial charge in [0.25, 0.3) is 5.56 Å². The van der Waals surface area contributed by atoms with Crippen molar-refractivity contribution in [3.05, 3.63) is 62.1 Å². The van der Waals surface area contributed by atoms with Crippen LogP contribution in [0.15, 0.2) is 40.1 Å². The van der Waals surface area contributed by atoms with Crippen molar-refractivity contribution in [3.63, 3.8) is 0 Å². The number of nitrogens with one attached hydrogen (secondary N) is 1. The molecule has 1 aliphatic rings. The monoisotopic (exact) mass is 478 g/mol. The number of aromatic nitrogens is 2. The summed E-state index contributed by atoms with van der Waals surface area (Å²) in [6, 6.07) is 5.80. The average Bonchev–Trinajstić information content (AvgIpc) is 3.03. The smallest absolute Gasteiger partial charge is 0.403 e. The summed E-state index contributed by atoms with van der Waals surface area (Å²) < 4.78 is 41.6. The zero-order chi connectivity index (χ0) is 23.0. The fourth-order valence-electron chi connectivity index (χ4n) is 2.97. The van der Waals surface area contributed by atoms with Gasteiger partial charge in [-0.25, -0.2) is 9.36 Å². The molecule has 31 heavy (non-hydrogen) atoms. The van der Waals surface area contributed by atoms with Gasteiger partial charge in [0, 0.05) is 6.42 Å².